The molecular weight excluding hydrogens is 1420 g/mol. The maximum atomic E-state index is 13.9. The molecule has 0 aromatic heterocycles. The molecule has 22 nitrogen and oxygen atoms in total. The van der Waals surface area contributed by atoms with Gasteiger partial charge in [0.1, 0.15) is 29.3 Å². The van der Waals surface area contributed by atoms with Crippen molar-refractivity contribution in [3.8, 4) is 0 Å². The number of carbonyl (C=O) groups excluding carboxylic acids is 5. The van der Waals surface area contributed by atoms with E-state index in [0.717, 1.165) is 153 Å². The SMILES string of the molecule is C.C.C.C.CC(C)(C)OC(=O)N[C@H](C(=O)O)C1CCCCC1.CN[C@@H](C)C(=O)N[C@H](C(=O)N1CC[C@H]2CCN(CCc3ccccc3)C[C@H]21)C1CCCCC1.C[C@@H](C(=O)O)N(C)C(=O)OC(C)(C)C.N[C@H](C(=O)N1CC[C@H]2CCN(CCc3ccccc3)C[C@H]21)C1CCCCC1.c1ccc(CCN2CC[C@@H]3CCN[C@@H]3C2)cc1. The van der Waals surface area contributed by atoms with E-state index in [2.05, 4.69) is 137 Å². The zero-order valence-electron chi connectivity index (χ0n) is 68.0. The summed E-state index contributed by atoms with van der Waals surface area (Å²) in [5.41, 5.74) is 9.48. The second kappa shape index (κ2) is 49.4. The van der Waals surface area contributed by atoms with Gasteiger partial charge in [0.05, 0.1) is 12.1 Å². The molecule has 113 heavy (non-hydrogen) atoms. The Balaban J connectivity index is 0.000000306. The lowest BCUT2D eigenvalue weighted by Gasteiger charge is -2.41. The van der Waals surface area contributed by atoms with Crippen LogP contribution in [-0.4, -0.2) is 234 Å². The number of amides is 5. The number of hydrogen-bond acceptors (Lipinski definition) is 15. The minimum absolute atomic E-state index is 0. The number of likely N-dealkylation sites (tertiary alicyclic amines) is 5. The van der Waals surface area contributed by atoms with Gasteiger partial charge in [0, 0.05) is 77.5 Å². The Labute approximate surface area is 682 Å². The minimum Gasteiger partial charge on any atom is -0.480 e. The van der Waals surface area contributed by atoms with Gasteiger partial charge in [-0.25, -0.2) is 19.2 Å². The highest BCUT2D eigenvalue weighted by molar-refractivity contribution is 5.90. The molecule has 0 radical (unpaired) electrons. The lowest BCUT2D eigenvalue weighted by atomic mass is 9.83. The first-order valence-electron chi connectivity index (χ1n) is 41.9. The predicted octanol–water partition coefficient (Wildman–Crippen LogP) is 14.2. The van der Waals surface area contributed by atoms with Gasteiger partial charge < -0.3 is 71.2 Å². The third-order valence-electron chi connectivity index (χ3n) is 24.5. The van der Waals surface area contributed by atoms with E-state index in [0.29, 0.717) is 23.8 Å². The molecule has 640 valence electrons. The molecule has 0 unspecified atom stereocenters. The maximum Gasteiger partial charge on any atom is 0.410 e. The number of fused-ring (bicyclic) bond motifs is 3. The van der Waals surface area contributed by atoms with E-state index in [1.807, 2.05) is 6.92 Å². The van der Waals surface area contributed by atoms with Crippen LogP contribution in [0.25, 0.3) is 0 Å². The standard InChI is InChI=1S/C27H42N4O2.C23H35N3O.C15H22N2.C13H23NO4.C9H17NO4.4CH4/c1-20(28-2)26(32)29-25(23-11-7-4-8-12-23)27(33)31-18-15-22-14-17-30(19-24(22)31)16-13-21-9-5-3-6-10-21;24-22(20-9-5-2-6-10-20)23(27)26-16-13-19-12-15-25(17-21(19)26)14-11-18-7-3-1-4-8-18;1-2-4-13(5-3-1)7-10-17-11-8-14-6-9-16-15(14)12-17;1-13(2,3)18-12(17)14-10(11(15)16)9-7-5-4-6-8-9;1-6(7(11)12)10(5)8(13)14-9(2,3)4;;;;/h3,5-6,9-10,20,22-25,28H,4,7-8,11-19H2,1-2H3,(H,29,32);1,3-4,7-8,19-22H,2,5-6,9-17,24H2;1-5,14-16H,6-12H2;9-10H,4-8H2,1-3H3,(H,14,17)(H,15,16);6H,1-5H3,(H,11,12);4*1H4/t20-,22+,24+,25-;19-,21-,22+;14-,15+;10-;6-;;;;/m01000..../s1. The molecule has 8 N–H and O–H groups in total. The van der Waals surface area contributed by atoms with Crippen molar-refractivity contribution in [3.05, 3.63) is 108 Å². The van der Waals surface area contributed by atoms with Gasteiger partial charge in [-0.2, -0.15) is 0 Å². The van der Waals surface area contributed by atoms with Crippen LogP contribution in [-0.2, 0) is 52.7 Å². The van der Waals surface area contributed by atoms with Gasteiger partial charge >= 0.3 is 24.1 Å². The van der Waals surface area contributed by atoms with E-state index in [1.165, 1.54) is 128 Å². The van der Waals surface area contributed by atoms with E-state index >= 15 is 0 Å². The van der Waals surface area contributed by atoms with Gasteiger partial charge in [-0.15, -0.1) is 0 Å². The average Bonchev–Trinajstić information content (AvgIpc) is 1.67. The van der Waals surface area contributed by atoms with Gasteiger partial charge in [0.15, 0.2) is 0 Å². The van der Waals surface area contributed by atoms with Gasteiger partial charge in [0.2, 0.25) is 17.7 Å². The van der Waals surface area contributed by atoms with E-state index in [9.17, 15) is 38.7 Å². The van der Waals surface area contributed by atoms with Gasteiger partial charge in [-0.1, -0.05) is 178 Å². The van der Waals surface area contributed by atoms with Crippen LogP contribution in [0.1, 0.15) is 237 Å². The Kier molecular flexibility index (Phi) is 43.1. The molecule has 3 saturated carbocycles. The van der Waals surface area contributed by atoms with Crippen molar-refractivity contribution in [1.82, 2.24) is 50.7 Å². The topological polar surface area (TPSA) is 272 Å². The van der Waals surface area contributed by atoms with Crippen molar-refractivity contribution in [3.63, 3.8) is 0 Å². The van der Waals surface area contributed by atoms with Crippen molar-refractivity contribution in [2.45, 2.75) is 299 Å². The second-order valence-electron chi connectivity index (χ2n) is 34.7. The molecule has 6 saturated heterocycles. The highest BCUT2D eigenvalue weighted by atomic mass is 16.6. The van der Waals surface area contributed by atoms with E-state index in [-0.39, 0.29) is 83.4 Å². The smallest absolute Gasteiger partial charge is 0.410 e. The molecule has 0 spiro atoms. The number of carboxylic acid groups (broad SMARTS) is 2. The molecule has 6 heterocycles. The zero-order valence-corrected chi connectivity index (χ0v) is 68.0. The average molecular weight is 1580 g/mol. The number of hydrogen-bond donors (Lipinski definition) is 7. The molecule has 9 fully saturated rings. The second-order valence-corrected chi connectivity index (χ2v) is 34.7. The summed E-state index contributed by atoms with van der Waals surface area (Å²) in [6.45, 7) is 26.9. The fourth-order valence-electron chi connectivity index (χ4n) is 17.7. The Bertz CT molecular complexity index is 3230. The first-order valence-corrected chi connectivity index (χ1v) is 41.9. The maximum absolute atomic E-state index is 13.9. The Morgan fingerprint density at radius 2 is 0.885 bits per heavy atom. The van der Waals surface area contributed by atoms with Gasteiger partial charge in [-0.05, 0) is 237 Å². The van der Waals surface area contributed by atoms with E-state index < -0.39 is 47.4 Å². The molecule has 22 heteroatoms. The third kappa shape index (κ3) is 32.0. The fraction of sp³-hybridized carbons (Fsp3) is 0.725. The number of ether oxygens (including phenoxy) is 2. The summed E-state index contributed by atoms with van der Waals surface area (Å²) >= 11 is 0. The molecule has 11 atom stereocenters. The number of alkyl carbamates (subject to hydrolysis) is 1. The molecule has 3 aromatic rings. The number of piperidine rings is 3. The normalized spacial score (nSPS) is 23.4. The number of aliphatic carboxylic acids is 2. The van der Waals surface area contributed by atoms with Crippen molar-refractivity contribution in [1.29, 1.82) is 0 Å². The number of rotatable bonds is 21. The first kappa shape index (κ1) is 98.7. The van der Waals surface area contributed by atoms with Crippen LogP contribution in [0.2, 0.25) is 0 Å². The Morgan fingerprint density at radius 1 is 0.496 bits per heavy atom. The van der Waals surface area contributed by atoms with Gasteiger partial charge in [-0.3, -0.25) is 19.3 Å². The summed E-state index contributed by atoms with van der Waals surface area (Å²) < 4.78 is 10.1. The highest BCUT2D eigenvalue weighted by Crippen LogP contribution is 2.37. The summed E-state index contributed by atoms with van der Waals surface area (Å²) in [5.74, 6) is 1.22. The van der Waals surface area contributed by atoms with Crippen molar-refractivity contribution < 1.29 is 53.2 Å². The van der Waals surface area contributed by atoms with Crippen molar-refractivity contribution >= 4 is 41.8 Å². The van der Waals surface area contributed by atoms with Crippen LogP contribution < -0.4 is 27.0 Å². The number of nitrogens with two attached hydrogens (primary N) is 1. The molecule has 3 aromatic carbocycles. The molecule has 5 amide bonds. The highest BCUT2D eigenvalue weighted by Gasteiger charge is 2.46. The first-order chi connectivity index (χ1) is 52.1. The summed E-state index contributed by atoms with van der Waals surface area (Å²) in [5, 5.41) is 30.2. The van der Waals surface area contributed by atoms with Gasteiger partial charge in [0.25, 0.3) is 0 Å². The summed E-state index contributed by atoms with van der Waals surface area (Å²) in [6.07, 6.45) is 26.1. The van der Waals surface area contributed by atoms with Crippen molar-refractivity contribution in [2.24, 2.45) is 41.2 Å². The molecule has 9 aliphatic rings. The largest absolute Gasteiger partial charge is 0.480 e. The summed E-state index contributed by atoms with van der Waals surface area (Å²) in [7, 11) is 3.19. The fourth-order valence-corrected chi connectivity index (χ4v) is 17.7. The van der Waals surface area contributed by atoms with Crippen LogP contribution in [0.5, 0.6) is 0 Å². The molecule has 6 aliphatic heterocycles. The van der Waals surface area contributed by atoms with Crippen LogP contribution in [0, 0.1) is 35.5 Å². The molecule has 3 aliphatic carbocycles. The molecule has 12 rings (SSSR count). The van der Waals surface area contributed by atoms with Crippen LogP contribution in [0.15, 0.2) is 91.0 Å². The molecular formula is C91H155N11O11. The van der Waals surface area contributed by atoms with E-state index in [1.54, 1.807) is 48.6 Å². The number of benzene rings is 3. The lowest BCUT2D eigenvalue weighted by Crippen LogP contribution is -2.58. The van der Waals surface area contributed by atoms with Crippen molar-refractivity contribution in [2.75, 3.05) is 92.6 Å². The predicted molar refractivity (Wildman–Crippen MR) is 458 cm³/mol. The lowest BCUT2D eigenvalue weighted by molar-refractivity contribution is -0.142. The van der Waals surface area contributed by atoms with Crippen LogP contribution in [0.3, 0.4) is 0 Å². The molecule has 0 bridgehead atoms. The Hall–Kier alpha value is -6.69. The Morgan fingerprint density at radius 3 is 1.29 bits per heavy atom. The summed E-state index contributed by atoms with van der Waals surface area (Å²) in [6, 6.07) is 31.0. The monoisotopic (exact) mass is 1580 g/mol. The minimum atomic E-state index is -1.06. The number of nitrogens with zero attached hydrogens (tertiary/aromatic N) is 6. The van der Waals surface area contributed by atoms with Crippen LogP contribution >= 0.6 is 0 Å². The van der Waals surface area contributed by atoms with Crippen LogP contribution in [0.4, 0.5) is 9.59 Å². The zero-order chi connectivity index (χ0) is 78.6. The van der Waals surface area contributed by atoms with E-state index in [4.69, 9.17) is 20.3 Å². The number of carboxylic acids is 2. The number of carbonyl (C=O) groups is 7. The number of likely N-dealkylation sites (N-methyl/N-ethyl adjacent to an activating group) is 2. The number of nitrogens with one attached hydrogen (secondary N) is 4. The summed E-state index contributed by atoms with van der Waals surface area (Å²) in [4.78, 5) is 97.7. The third-order valence-corrected chi connectivity index (χ3v) is 24.5. The quantitative estimate of drug-likeness (QED) is 0.0522.